The Kier molecular flexibility index (Phi) is 9.34. The van der Waals surface area contributed by atoms with Crippen molar-refractivity contribution in [2.24, 2.45) is 0 Å². The van der Waals surface area contributed by atoms with Crippen LogP contribution in [0.1, 0.15) is 58.4 Å². The predicted octanol–water partition coefficient (Wildman–Crippen LogP) is 4.31. The van der Waals surface area contributed by atoms with E-state index in [1.807, 2.05) is 12.1 Å². The number of nitrogens with zero attached hydrogens (tertiary/aromatic N) is 3. The van der Waals surface area contributed by atoms with Crippen LogP contribution in [0.5, 0.6) is 0 Å². The number of anilines is 1. The van der Waals surface area contributed by atoms with Gasteiger partial charge in [-0.25, -0.2) is 4.79 Å². The Bertz CT molecular complexity index is 900. The Labute approximate surface area is 198 Å². The number of hydrogen-bond acceptors (Lipinski definition) is 6. The number of ether oxygens (including phenoxy) is 1. The smallest absolute Gasteiger partial charge is 0.408 e. The topological polar surface area (TPSA) is 118 Å². The van der Waals surface area contributed by atoms with E-state index in [4.69, 9.17) is 4.74 Å². The van der Waals surface area contributed by atoms with E-state index in [1.54, 1.807) is 31.7 Å². The summed E-state index contributed by atoms with van der Waals surface area (Å²) in [6.45, 7) is 6.43. The lowest BCUT2D eigenvalue weighted by Gasteiger charge is -2.27. The largest absolute Gasteiger partial charge is 0.444 e. The van der Waals surface area contributed by atoms with Crippen LogP contribution in [0.3, 0.4) is 0 Å². The van der Waals surface area contributed by atoms with Crippen molar-refractivity contribution in [1.82, 2.24) is 10.2 Å². The lowest BCUT2D eigenvalue weighted by Crippen LogP contribution is -2.50. The Hall–Kier alpha value is -2.78. The number of carbonyl (C=O) groups is 2. The zero-order valence-corrected chi connectivity index (χ0v) is 20.4. The van der Waals surface area contributed by atoms with E-state index in [0.717, 1.165) is 23.0 Å². The van der Waals surface area contributed by atoms with Gasteiger partial charge in [-0.05, 0) is 71.1 Å². The SMILES string of the molecule is CC(C)(C)OC(=O)N[C@@H](CCCCNc1ccc(Br)cc1C#N)C(=O)N1CCC[C@H]1C#N. The van der Waals surface area contributed by atoms with E-state index in [0.29, 0.717) is 37.9 Å². The first-order valence-corrected chi connectivity index (χ1v) is 11.6. The second kappa shape index (κ2) is 11.7. The number of nitriles is 2. The van der Waals surface area contributed by atoms with Gasteiger partial charge >= 0.3 is 6.09 Å². The van der Waals surface area contributed by atoms with Crippen molar-refractivity contribution >= 4 is 33.6 Å². The van der Waals surface area contributed by atoms with Crippen LogP contribution in [0.25, 0.3) is 0 Å². The normalized spacial score (nSPS) is 16.6. The summed E-state index contributed by atoms with van der Waals surface area (Å²) in [5, 5.41) is 24.5. The molecule has 1 heterocycles. The monoisotopic (exact) mass is 503 g/mol. The van der Waals surface area contributed by atoms with Crippen LogP contribution in [0.2, 0.25) is 0 Å². The van der Waals surface area contributed by atoms with Crippen LogP contribution in [-0.4, -0.2) is 47.7 Å². The molecule has 8 nitrogen and oxygen atoms in total. The third-order valence-electron chi connectivity index (χ3n) is 5.01. The van der Waals surface area contributed by atoms with Crippen molar-refractivity contribution in [3.63, 3.8) is 0 Å². The maximum absolute atomic E-state index is 13.1. The molecule has 2 N–H and O–H groups in total. The first kappa shape index (κ1) is 25.5. The Morgan fingerprint density at radius 1 is 1.31 bits per heavy atom. The molecular weight excluding hydrogens is 474 g/mol. The number of alkyl carbamates (subject to hydrolysis) is 1. The molecule has 1 aromatic carbocycles. The molecule has 1 aliphatic heterocycles. The molecule has 0 unspecified atom stereocenters. The summed E-state index contributed by atoms with van der Waals surface area (Å²) in [6.07, 6.45) is 2.63. The molecule has 2 rings (SSSR count). The molecule has 2 atom stereocenters. The highest BCUT2D eigenvalue weighted by molar-refractivity contribution is 9.10. The average Bonchev–Trinajstić information content (AvgIpc) is 3.20. The second-order valence-corrected chi connectivity index (χ2v) is 9.66. The Balaban J connectivity index is 1.94. The fourth-order valence-electron chi connectivity index (χ4n) is 3.53. The zero-order chi connectivity index (χ0) is 23.7. The van der Waals surface area contributed by atoms with Crippen LogP contribution >= 0.6 is 15.9 Å². The first-order valence-electron chi connectivity index (χ1n) is 10.8. The summed E-state index contributed by atoms with van der Waals surface area (Å²) in [5.74, 6) is -0.243. The van der Waals surface area contributed by atoms with E-state index in [-0.39, 0.29) is 5.91 Å². The summed E-state index contributed by atoms with van der Waals surface area (Å²) >= 11 is 3.35. The lowest BCUT2D eigenvalue weighted by atomic mass is 10.1. The van der Waals surface area contributed by atoms with Gasteiger partial charge in [0, 0.05) is 17.6 Å². The van der Waals surface area contributed by atoms with Crippen LogP contribution in [0, 0.1) is 22.7 Å². The standard InChI is InChI=1S/C23H30BrN5O3/c1-23(2,3)32-22(31)28-20(21(30)29-12-6-7-18(29)15-26)8-4-5-11-27-19-10-9-17(24)13-16(19)14-25/h9-10,13,18,20,27H,4-8,11-12H2,1-3H3,(H,28,31)/t18-,20-/m0/s1. The summed E-state index contributed by atoms with van der Waals surface area (Å²) in [5.41, 5.74) is 0.632. The van der Waals surface area contributed by atoms with Gasteiger partial charge in [-0.2, -0.15) is 10.5 Å². The minimum Gasteiger partial charge on any atom is -0.444 e. The molecule has 0 aliphatic carbocycles. The summed E-state index contributed by atoms with van der Waals surface area (Å²) in [6, 6.07) is 8.59. The summed E-state index contributed by atoms with van der Waals surface area (Å²) in [4.78, 5) is 26.9. The highest BCUT2D eigenvalue weighted by atomic mass is 79.9. The van der Waals surface area contributed by atoms with Gasteiger partial charge in [0.15, 0.2) is 0 Å². The van der Waals surface area contributed by atoms with Crippen molar-refractivity contribution in [3.05, 3.63) is 28.2 Å². The van der Waals surface area contributed by atoms with Gasteiger partial charge in [-0.3, -0.25) is 4.79 Å². The predicted molar refractivity (Wildman–Crippen MR) is 125 cm³/mol. The Morgan fingerprint density at radius 3 is 2.72 bits per heavy atom. The molecule has 0 bridgehead atoms. The van der Waals surface area contributed by atoms with Gasteiger partial charge in [0.05, 0.1) is 17.3 Å². The first-order chi connectivity index (χ1) is 15.1. The van der Waals surface area contributed by atoms with Crippen molar-refractivity contribution in [2.45, 2.75) is 70.6 Å². The number of rotatable bonds is 8. The number of hydrogen-bond donors (Lipinski definition) is 2. The van der Waals surface area contributed by atoms with Crippen LogP contribution < -0.4 is 10.6 Å². The highest BCUT2D eigenvalue weighted by Crippen LogP contribution is 2.21. The molecule has 2 amide bonds. The van der Waals surface area contributed by atoms with E-state index in [2.05, 4.69) is 38.7 Å². The van der Waals surface area contributed by atoms with Crippen LogP contribution in [0.15, 0.2) is 22.7 Å². The summed E-state index contributed by atoms with van der Waals surface area (Å²) in [7, 11) is 0. The quantitative estimate of drug-likeness (QED) is 0.510. The van der Waals surface area contributed by atoms with Gasteiger partial charge in [0.1, 0.15) is 23.8 Å². The van der Waals surface area contributed by atoms with Gasteiger partial charge in [0.2, 0.25) is 5.91 Å². The van der Waals surface area contributed by atoms with Crippen molar-refractivity contribution < 1.29 is 14.3 Å². The number of unbranched alkanes of at least 4 members (excludes halogenated alkanes) is 1. The van der Waals surface area contributed by atoms with E-state index < -0.39 is 23.8 Å². The highest BCUT2D eigenvalue weighted by Gasteiger charge is 2.34. The zero-order valence-electron chi connectivity index (χ0n) is 18.8. The molecule has 1 aliphatic rings. The molecule has 9 heteroatoms. The lowest BCUT2D eigenvalue weighted by molar-refractivity contribution is -0.133. The van der Waals surface area contributed by atoms with E-state index in [1.165, 1.54) is 0 Å². The molecule has 0 radical (unpaired) electrons. The molecule has 0 saturated carbocycles. The molecule has 0 spiro atoms. The maximum Gasteiger partial charge on any atom is 0.408 e. The van der Waals surface area contributed by atoms with Crippen molar-refractivity contribution in [1.29, 1.82) is 10.5 Å². The average molecular weight is 504 g/mol. The Morgan fingerprint density at radius 2 is 2.06 bits per heavy atom. The minimum atomic E-state index is -0.749. The van der Waals surface area contributed by atoms with Gasteiger partial charge in [0.25, 0.3) is 0 Å². The third-order valence-corrected chi connectivity index (χ3v) is 5.50. The summed E-state index contributed by atoms with van der Waals surface area (Å²) < 4.78 is 6.16. The molecule has 1 fully saturated rings. The number of benzene rings is 1. The molecular formula is C23H30BrN5O3. The van der Waals surface area contributed by atoms with Gasteiger partial charge in [-0.15, -0.1) is 0 Å². The molecule has 0 aromatic heterocycles. The molecule has 172 valence electrons. The molecule has 32 heavy (non-hydrogen) atoms. The second-order valence-electron chi connectivity index (χ2n) is 8.74. The maximum atomic E-state index is 13.1. The van der Waals surface area contributed by atoms with E-state index >= 15 is 0 Å². The molecule has 1 aromatic rings. The molecule has 1 saturated heterocycles. The van der Waals surface area contributed by atoms with Crippen molar-refractivity contribution in [3.8, 4) is 12.1 Å². The minimum absolute atomic E-state index is 0.243. The number of likely N-dealkylation sites (tertiary alicyclic amines) is 1. The van der Waals surface area contributed by atoms with Gasteiger partial charge < -0.3 is 20.3 Å². The number of nitrogens with one attached hydrogen (secondary N) is 2. The third kappa shape index (κ3) is 7.72. The fraction of sp³-hybridized carbons (Fsp3) is 0.565. The van der Waals surface area contributed by atoms with Crippen molar-refractivity contribution in [2.75, 3.05) is 18.4 Å². The number of halogens is 1. The van der Waals surface area contributed by atoms with Crippen LogP contribution in [-0.2, 0) is 9.53 Å². The van der Waals surface area contributed by atoms with Gasteiger partial charge in [-0.1, -0.05) is 15.9 Å². The fourth-order valence-corrected chi connectivity index (χ4v) is 3.89. The number of carbonyl (C=O) groups excluding carboxylic acids is 2. The number of amides is 2. The van der Waals surface area contributed by atoms with E-state index in [9.17, 15) is 20.1 Å². The van der Waals surface area contributed by atoms with Crippen LogP contribution in [0.4, 0.5) is 10.5 Å².